The van der Waals surface area contributed by atoms with Crippen LogP contribution in [-0.4, -0.2) is 32.4 Å². The summed E-state index contributed by atoms with van der Waals surface area (Å²) in [4.78, 5) is 11.9. The SMILES string of the molecule is CCCCCCCCOc1ccc(OCC(=O)N/N=C/c2ccccc2OC)cc1. The fourth-order valence-electron chi connectivity index (χ4n) is 2.83. The number of carbonyl (C=O) groups is 1. The maximum absolute atomic E-state index is 11.9. The number of hydrogen-bond donors (Lipinski definition) is 1. The van der Waals surface area contributed by atoms with Crippen LogP contribution in [0, 0.1) is 0 Å². The van der Waals surface area contributed by atoms with Gasteiger partial charge in [0.15, 0.2) is 6.61 Å². The molecule has 2 aromatic carbocycles. The Kier molecular flexibility index (Phi) is 10.9. The van der Waals surface area contributed by atoms with Crippen molar-refractivity contribution in [2.45, 2.75) is 45.4 Å². The van der Waals surface area contributed by atoms with Gasteiger partial charge in [0.2, 0.25) is 0 Å². The van der Waals surface area contributed by atoms with Crippen LogP contribution in [-0.2, 0) is 4.79 Å². The van der Waals surface area contributed by atoms with Crippen LogP contribution >= 0.6 is 0 Å². The first-order valence-corrected chi connectivity index (χ1v) is 10.5. The Labute approximate surface area is 179 Å². The number of hydrazone groups is 1. The minimum absolute atomic E-state index is 0.124. The van der Waals surface area contributed by atoms with Gasteiger partial charge in [0.1, 0.15) is 17.2 Å². The first kappa shape index (κ1) is 23.3. The third-order valence-corrected chi connectivity index (χ3v) is 4.49. The lowest BCUT2D eigenvalue weighted by Gasteiger charge is -2.08. The Morgan fingerprint density at radius 1 is 0.933 bits per heavy atom. The maximum Gasteiger partial charge on any atom is 0.277 e. The van der Waals surface area contributed by atoms with Crippen molar-refractivity contribution in [3.63, 3.8) is 0 Å². The number of para-hydroxylation sites is 1. The van der Waals surface area contributed by atoms with Gasteiger partial charge in [-0.1, -0.05) is 51.2 Å². The molecule has 30 heavy (non-hydrogen) atoms. The van der Waals surface area contributed by atoms with Crippen molar-refractivity contribution in [2.75, 3.05) is 20.3 Å². The number of ether oxygens (including phenoxy) is 3. The van der Waals surface area contributed by atoms with E-state index in [1.807, 2.05) is 36.4 Å². The highest BCUT2D eigenvalue weighted by Crippen LogP contribution is 2.18. The molecule has 0 spiro atoms. The Morgan fingerprint density at radius 3 is 2.33 bits per heavy atom. The monoisotopic (exact) mass is 412 g/mol. The van der Waals surface area contributed by atoms with Gasteiger partial charge in [-0.15, -0.1) is 0 Å². The molecular weight excluding hydrogens is 380 g/mol. The van der Waals surface area contributed by atoms with E-state index in [-0.39, 0.29) is 12.5 Å². The van der Waals surface area contributed by atoms with Gasteiger partial charge in [-0.25, -0.2) is 5.43 Å². The Bertz CT molecular complexity index is 775. The maximum atomic E-state index is 11.9. The van der Waals surface area contributed by atoms with Crippen LogP contribution in [0.2, 0.25) is 0 Å². The van der Waals surface area contributed by atoms with E-state index in [0.717, 1.165) is 24.3 Å². The second-order valence-corrected chi connectivity index (χ2v) is 6.91. The molecule has 0 atom stereocenters. The predicted molar refractivity (Wildman–Crippen MR) is 120 cm³/mol. The first-order chi connectivity index (χ1) is 14.7. The molecule has 0 saturated heterocycles. The van der Waals surface area contributed by atoms with Crippen molar-refractivity contribution in [1.82, 2.24) is 5.43 Å². The topological polar surface area (TPSA) is 69.2 Å². The van der Waals surface area contributed by atoms with E-state index in [1.165, 1.54) is 38.3 Å². The second kappa shape index (κ2) is 14.0. The smallest absolute Gasteiger partial charge is 0.277 e. The van der Waals surface area contributed by atoms with Crippen molar-refractivity contribution in [2.24, 2.45) is 5.10 Å². The van der Waals surface area contributed by atoms with Crippen molar-refractivity contribution in [3.05, 3.63) is 54.1 Å². The van der Waals surface area contributed by atoms with Crippen LogP contribution in [0.25, 0.3) is 0 Å². The summed E-state index contributed by atoms with van der Waals surface area (Å²) in [6.45, 7) is 2.82. The fraction of sp³-hybridized carbons (Fsp3) is 0.417. The third kappa shape index (κ3) is 8.99. The lowest BCUT2D eigenvalue weighted by atomic mass is 10.1. The summed E-state index contributed by atoms with van der Waals surface area (Å²) in [6.07, 6.45) is 8.97. The number of hydrogen-bond acceptors (Lipinski definition) is 5. The van der Waals surface area contributed by atoms with Gasteiger partial charge < -0.3 is 14.2 Å². The van der Waals surface area contributed by atoms with Gasteiger partial charge in [0.25, 0.3) is 5.91 Å². The minimum Gasteiger partial charge on any atom is -0.496 e. The molecule has 0 fully saturated rings. The van der Waals surface area contributed by atoms with E-state index in [1.54, 1.807) is 19.2 Å². The number of amides is 1. The Balaban J connectivity index is 1.64. The van der Waals surface area contributed by atoms with Gasteiger partial charge >= 0.3 is 0 Å². The van der Waals surface area contributed by atoms with Crippen LogP contribution in [0.3, 0.4) is 0 Å². The molecule has 6 heteroatoms. The minimum atomic E-state index is -0.343. The standard InChI is InChI=1S/C24H32N2O4/c1-3-4-5-6-7-10-17-29-21-13-15-22(16-14-21)30-19-24(27)26-25-18-20-11-8-9-12-23(20)28-2/h8-9,11-16,18H,3-7,10,17,19H2,1-2H3,(H,26,27)/b25-18+. The summed E-state index contributed by atoms with van der Waals surface area (Å²) in [7, 11) is 1.59. The largest absolute Gasteiger partial charge is 0.496 e. The summed E-state index contributed by atoms with van der Waals surface area (Å²) >= 11 is 0. The number of methoxy groups -OCH3 is 1. The number of benzene rings is 2. The van der Waals surface area contributed by atoms with Gasteiger partial charge in [-0.3, -0.25) is 4.79 Å². The van der Waals surface area contributed by atoms with Crippen LogP contribution < -0.4 is 19.6 Å². The zero-order valence-corrected chi connectivity index (χ0v) is 17.9. The number of rotatable bonds is 14. The molecule has 1 N–H and O–H groups in total. The number of carbonyl (C=O) groups excluding carboxylic acids is 1. The quantitative estimate of drug-likeness (QED) is 0.270. The normalized spacial score (nSPS) is 10.7. The van der Waals surface area contributed by atoms with Crippen molar-refractivity contribution < 1.29 is 19.0 Å². The summed E-state index contributed by atoms with van der Waals surface area (Å²) in [5.41, 5.74) is 3.22. The highest BCUT2D eigenvalue weighted by molar-refractivity contribution is 5.85. The lowest BCUT2D eigenvalue weighted by Crippen LogP contribution is -2.24. The first-order valence-electron chi connectivity index (χ1n) is 10.5. The highest BCUT2D eigenvalue weighted by atomic mass is 16.5. The zero-order chi connectivity index (χ0) is 21.4. The van der Waals surface area contributed by atoms with E-state index >= 15 is 0 Å². The molecule has 0 aromatic heterocycles. The number of nitrogens with one attached hydrogen (secondary N) is 1. The zero-order valence-electron chi connectivity index (χ0n) is 17.9. The van der Waals surface area contributed by atoms with E-state index in [0.29, 0.717) is 11.5 Å². The molecule has 0 heterocycles. The van der Waals surface area contributed by atoms with Crippen molar-refractivity contribution >= 4 is 12.1 Å². The third-order valence-electron chi connectivity index (χ3n) is 4.49. The van der Waals surface area contributed by atoms with Gasteiger partial charge in [0.05, 0.1) is 19.9 Å². The molecule has 1 amide bonds. The molecule has 0 aliphatic heterocycles. The Morgan fingerprint density at radius 2 is 1.60 bits per heavy atom. The summed E-state index contributed by atoms with van der Waals surface area (Å²) < 4.78 is 16.5. The number of unbranched alkanes of at least 4 members (excludes halogenated alkanes) is 5. The van der Waals surface area contributed by atoms with Crippen LogP contribution in [0.1, 0.15) is 51.0 Å². The summed E-state index contributed by atoms with van der Waals surface area (Å²) in [6, 6.07) is 14.7. The van der Waals surface area contributed by atoms with E-state index in [9.17, 15) is 4.79 Å². The molecule has 162 valence electrons. The van der Waals surface area contributed by atoms with Gasteiger partial charge in [0, 0.05) is 5.56 Å². The van der Waals surface area contributed by atoms with E-state index in [4.69, 9.17) is 14.2 Å². The summed E-state index contributed by atoms with van der Waals surface area (Å²) in [5.74, 6) is 1.75. The molecule has 0 bridgehead atoms. The number of nitrogens with zero attached hydrogens (tertiary/aromatic N) is 1. The molecule has 0 radical (unpaired) electrons. The summed E-state index contributed by atoms with van der Waals surface area (Å²) in [5, 5.41) is 3.94. The highest BCUT2D eigenvalue weighted by Gasteiger charge is 2.03. The van der Waals surface area contributed by atoms with E-state index < -0.39 is 0 Å². The average molecular weight is 413 g/mol. The molecule has 2 aromatic rings. The predicted octanol–water partition coefficient (Wildman–Crippen LogP) is 4.96. The van der Waals surface area contributed by atoms with Crippen molar-refractivity contribution in [1.29, 1.82) is 0 Å². The molecule has 0 unspecified atom stereocenters. The fourth-order valence-corrected chi connectivity index (χ4v) is 2.83. The van der Waals surface area contributed by atoms with Crippen LogP contribution in [0.5, 0.6) is 17.2 Å². The second-order valence-electron chi connectivity index (χ2n) is 6.91. The van der Waals surface area contributed by atoms with Crippen LogP contribution in [0.15, 0.2) is 53.6 Å². The molecular formula is C24H32N2O4. The van der Waals surface area contributed by atoms with E-state index in [2.05, 4.69) is 17.5 Å². The molecule has 6 nitrogen and oxygen atoms in total. The molecule has 0 aliphatic carbocycles. The average Bonchev–Trinajstić information content (AvgIpc) is 2.78. The molecule has 0 saturated carbocycles. The van der Waals surface area contributed by atoms with Gasteiger partial charge in [-0.05, 0) is 42.8 Å². The van der Waals surface area contributed by atoms with Gasteiger partial charge in [-0.2, -0.15) is 5.10 Å². The molecule has 2 rings (SSSR count). The van der Waals surface area contributed by atoms with Crippen LogP contribution in [0.4, 0.5) is 0 Å². The molecule has 0 aliphatic rings. The Hall–Kier alpha value is -3.02. The van der Waals surface area contributed by atoms with Crippen molar-refractivity contribution in [3.8, 4) is 17.2 Å². The lowest BCUT2D eigenvalue weighted by molar-refractivity contribution is -0.123.